The Morgan fingerprint density at radius 2 is 1.94 bits per heavy atom. The summed E-state index contributed by atoms with van der Waals surface area (Å²) in [5.41, 5.74) is 1.87. The lowest BCUT2D eigenvalue weighted by atomic mass is 10.2. The first kappa shape index (κ1) is 21.3. The Morgan fingerprint density at radius 1 is 1.16 bits per heavy atom. The zero-order valence-electron chi connectivity index (χ0n) is 16.0. The van der Waals surface area contributed by atoms with E-state index in [1.165, 1.54) is 0 Å². The van der Waals surface area contributed by atoms with Crippen LogP contribution in [0.4, 0.5) is 14.5 Å². The lowest BCUT2D eigenvalue weighted by molar-refractivity contribution is 0.102. The fraction of sp³-hybridized carbons (Fsp3) is 0.0909. The Labute approximate surface area is 189 Å². The first-order valence-corrected chi connectivity index (χ1v) is 10.3. The average molecular weight is 508 g/mol. The molecule has 0 aliphatic heterocycles. The van der Waals surface area contributed by atoms with Crippen LogP contribution in [0, 0.1) is 11.6 Å². The standard InChI is InChI=1S/C22H14BrClF2N2O3/c1-2-30-19-5-3-11(7-14(19)23)21(29)27-12-4-6-20-18(8-12)28-22(31-20)13-9-16(25)17(26)10-15(13)24/h3-10H,2H2,1H3,(H,27,29). The monoisotopic (exact) mass is 506 g/mol. The van der Waals surface area contributed by atoms with Gasteiger partial charge in [-0.2, -0.15) is 0 Å². The molecule has 31 heavy (non-hydrogen) atoms. The van der Waals surface area contributed by atoms with Crippen molar-refractivity contribution in [3.05, 3.63) is 75.2 Å². The zero-order valence-corrected chi connectivity index (χ0v) is 18.4. The van der Waals surface area contributed by atoms with Crippen molar-refractivity contribution in [3.63, 3.8) is 0 Å². The van der Waals surface area contributed by atoms with Gasteiger partial charge in [-0.1, -0.05) is 11.6 Å². The van der Waals surface area contributed by atoms with Crippen molar-refractivity contribution in [1.29, 1.82) is 0 Å². The molecule has 3 aromatic carbocycles. The van der Waals surface area contributed by atoms with Crippen LogP contribution in [0.2, 0.25) is 5.02 Å². The molecule has 4 aromatic rings. The molecule has 1 amide bonds. The number of nitrogens with one attached hydrogen (secondary N) is 1. The number of ether oxygens (including phenoxy) is 1. The SMILES string of the molecule is CCOc1ccc(C(=O)Nc2ccc3oc(-c4cc(F)c(F)cc4Cl)nc3c2)cc1Br. The molecule has 4 rings (SSSR count). The van der Waals surface area contributed by atoms with Crippen molar-refractivity contribution in [1.82, 2.24) is 4.98 Å². The van der Waals surface area contributed by atoms with Crippen LogP contribution in [-0.2, 0) is 0 Å². The summed E-state index contributed by atoms with van der Waals surface area (Å²) in [7, 11) is 0. The van der Waals surface area contributed by atoms with Crippen LogP contribution in [0.3, 0.4) is 0 Å². The first-order valence-electron chi connectivity index (χ1n) is 9.15. The van der Waals surface area contributed by atoms with E-state index in [1.807, 2.05) is 6.92 Å². The molecule has 0 aliphatic carbocycles. The molecular formula is C22H14BrClF2N2O3. The second-order valence-electron chi connectivity index (χ2n) is 6.48. The Balaban J connectivity index is 1.59. The average Bonchev–Trinajstić information content (AvgIpc) is 3.15. The molecule has 1 aromatic heterocycles. The van der Waals surface area contributed by atoms with Crippen LogP contribution in [0.1, 0.15) is 17.3 Å². The highest BCUT2D eigenvalue weighted by atomic mass is 79.9. The van der Waals surface area contributed by atoms with E-state index in [1.54, 1.807) is 36.4 Å². The van der Waals surface area contributed by atoms with Crippen LogP contribution >= 0.6 is 27.5 Å². The number of hydrogen-bond donors (Lipinski definition) is 1. The summed E-state index contributed by atoms with van der Waals surface area (Å²) in [5.74, 6) is -1.76. The van der Waals surface area contributed by atoms with Crippen molar-refractivity contribution < 1.29 is 22.7 Å². The van der Waals surface area contributed by atoms with Crippen molar-refractivity contribution in [2.24, 2.45) is 0 Å². The molecular weight excluding hydrogens is 494 g/mol. The Kier molecular flexibility index (Phi) is 5.93. The fourth-order valence-electron chi connectivity index (χ4n) is 2.92. The van der Waals surface area contributed by atoms with Gasteiger partial charge in [0, 0.05) is 11.3 Å². The van der Waals surface area contributed by atoms with Crippen molar-refractivity contribution in [3.8, 4) is 17.2 Å². The van der Waals surface area contributed by atoms with Crippen LogP contribution in [0.25, 0.3) is 22.6 Å². The van der Waals surface area contributed by atoms with Gasteiger partial charge in [0.2, 0.25) is 5.89 Å². The van der Waals surface area contributed by atoms with Gasteiger partial charge in [0.1, 0.15) is 11.3 Å². The Morgan fingerprint density at radius 3 is 2.68 bits per heavy atom. The lowest BCUT2D eigenvalue weighted by Gasteiger charge is -2.09. The smallest absolute Gasteiger partial charge is 0.255 e. The number of carbonyl (C=O) groups excluding carboxylic acids is 1. The van der Waals surface area contributed by atoms with E-state index < -0.39 is 11.6 Å². The molecule has 0 bridgehead atoms. The molecule has 9 heteroatoms. The number of hydrogen-bond acceptors (Lipinski definition) is 4. The largest absolute Gasteiger partial charge is 0.493 e. The molecule has 0 saturated carbocycles. The van der Waals surface area contributed by atoms with Gasteiger partial charge in [0.25, 0.3) is 5.91 Å². The fourth-order valence-corrected chi connectivity index (χ4v) is 3.65. The molecule has 0 aliphatic rings. The van der Waals surface area contributed by atoms with Gasteiger partial charge >= 0.3 is 0 Å². The molecule has 0 fully saturated rings. The topological polar surface area (TPSA) is 64.4 Å². The third kappa shape index (κ3) is 4.40. The molecule has 0 radical (unpaired) electrons. The number of anilines is 1. The number of rotatable bonds is 5. The highest BCUT2D eigenvalue weighted by molar-refractivity contribution is 9.10. The minimum absolute atomic E-state index is 0.0277. The normalized spacial score (nSPS) is 11.0. The molecule has 1 N–H and O–H groups in total. The maximum Gasteiger partial charge on any atom is 0.255 e. The highest BCUT2D eigenvalue weighted by Crippen LogP contribution is 2.32. The summed E-state index contributed by atoms with van der Waals surface area (Å²) < 4.78 is 38.6. The van der Waals surface area contributed by atoms with Gasteiger partial charge < -0.3 is 14.5 Å². The van der Waals surface area contributed by atoms with Gasteiger partial charge in [-0.3, -0.25) is 4.79 Å². The van der Waals surface area contributed by atoms with Gasteiger partial charge in [-0.25, -0.2) is 13.8 Å². The van der Waals surface area contributed by atoms with E-state index in [2.05, 4.69) is 26.2 Å². The van der Waals surface area contributed by atoms with E-state index in [0.29, 0.717) is 39.2 Å². The predicted molar refractivity (Wildman–Crippen MR) is 118 cm³/mol. The second kappa shape index (κ2) is 8.64. The zero-order chi connectivity index (χ0) is 22.1. The minimum Gasteiger partial charge on any atom is -0.493 e. The summed E-state index contributed by atoms with van der Waals surface area (Å²) in [6.45, 7) is 2.39. The number of halogens is 4. The first-order chi connectivity index (χ1) is 14.9. The summed E-state index contributed by atoms with van der Waals surface area (Å²) in [6, 6.07) is 11.7. The van der Waals surface area contributed by atoms with Crippen LogP contribution in [0.5, 0.6) is 5.75 Å². The number of benzene rings is 3. The summed E-state index contributed by atoms with van der Waals surface area (Å²) in [5, 5.41) is 2.76. The summed E-state index contributed by atoms with van der Waals surface area (Å²) in [6.07, 6.45) is 0. The van der Waals surface area contributed by atoms with Crippen molar-refractivity contribution in [2.45, 2.75) is 6.92 Å². The number of oxazole rings is 1. The lowest BCUT2D eigenvalue weighted by Crippen LogP contribution is -2.12. The van der Waals surface area contributed by atoms with E-state index in [-0.39, 0.29) is 22.4 Å². The molecule has 0 saturated heterocycles. The Hall–Kier alpha value is -2.97. The minimum atomic E-state index is -1.06. The molecule has 0 atom stereocenters. The molecule has 158 valence electrons. The third-order valence-electron chi connectivity index (χ3n) is 4.38. The van der Waals surface area contributed by atoms with E-state index in [4.69, 9.17) is 20.8 Å². The van der Waals surface area contributed by atoms with Crippen LogP contribution in [-0.4, -0.2) is 17.5 Å². The van der Waals surface area contributed by atoms with E-state index in [9.17, 15) is 13.6 Å². The van der Waals surface area contributed by atoms with Gasteiger partial charge in [0.05, 0.1) is 21.7 Å². The summed E-state index contributed by atoms with van der Waals surface area (Å²) >= 11 is 9.39. The molecule has 0 unspecified atom stereocenters. The Bertz CT molecular complexity index is 1310. The number of amides is 1. The van der Waals surface area contributed by atoms with Gasteiger partial charge in [-0.05, 0) is 71.4 Å². The highest BCUT2D eigenvalue weighted by Gasteiger charge is 2.16. The number of carbonyl (C=O) groups is 1. The molecule has 5 nitrogen and oxygen atoms in total. The van der Waals surface area contributed by atoms with Gasteiger partial charge in [0.15, 0.2) is 17.2 Å². The molecule has 1 heterocycles. The summed E-state index contributed by atoms with van der Waals surface area (Å²) in [4.78, 5) is 16.9. The van der Waals surface area contributed by atoms with Crippen LogP contribution < -0.4 is 10.1 Å². The quantitative estimate of drug-likeness (QED) is 0.300. The maximum absolute atomic E-state index is 13.6. The third-order valence-corrected chi connectivity index (χ3v) is 5.31. The van der Waals surface area contributed by atoms with Crippen molar-refractivity contribution >= 4 is 50.2 Å². The number of fused-ring (bicyclic) bond motifs is 1. The van der Waals surface area contributed by atoms with Crippen molar-refractivity contribution in [2.75, 3.05) is 11.9 Å². The van der Waals surface area contributed by atoms with E-state index >= 15 is 0 Å². The number of aromatic nitrogens is 1. The second-order valence-corrected chi connectivity index (χ2v) is 7.74. The van der Waals surface area contributed by atoms with Crippen LogP contribution in [0.15, 0.2) is 57.4 Å². The van der Waals surface area contributed by atoms with Gasteiger partial charge in [-0.15, -0.1) is 0 Å². The molecule has 0 spiro atoms. The maximum atomic E-state index is 13.6. The predicted octanol–water partition coefficient (Wildman–Crippen LogP) is 6.84. The van der Waals surface area contributed by atoms with E-state index in [0.717, 1.165) is 12.1 Å². The number of nitrogens with zero attached hydrogens (tertiary/aromatic N) is 1.